The molecular formula is C14H19NO4. The predicted octanol–water partition coefficient (Wildman–Crippen LogP) is 1.34. The zero-order valence-corrected chi connectivity index (χ0v) is 11.4. The van der Waals surface area contributed by atoms with Gasteiger partial charge < -0.3 is 14.8 Å². The van der Waals surface area contributed by atoms with E-state index < -0.39 is 6.10 Å². The van der Waals surface area contributed by atoms with Crippen molar-refractivity contribution in [2.45, 2.75) is 20.0 Å². The Hall–Kier alpha value is -1.88. The highest BCUT2D eigenvalue weighted by Gasteiger charge is 2.15. The van der Waals surface area contributed by atoms with Gasteiger partial charge >= 0.3 is 0 Å². The molecule has 104 valence electrons. The van der Waals surface area contributed by atoms with Crippen LogP contribution < -0.4 is 10.1 Å². The van der Waals surface area contributed by atoms with Crippen molar-refractivity contribution in [1.29, 1.82) is 0 Å². The van der Waals surface area contributed by atoms with Crippen LogP contribution >= 0.6 is 0 Å². The summed E-state index contributed by atoms with van der Waals surface area (Å²) in [7, 11) is 1.56. The van der Waals surface area contributed by atoms with E-state index >= 15 is 0 Å². The minimum atomic E-state index is -0.668. The first-order chi connectivity index (χ1) is 9.08. The number of nitrogens with one attached hydrogen (secondary N) is 1. The van der Waals surface area contributed by atoms with Gasteiger partial charge in [0.15, 0.2) is 12.4 Å². The molecule has 1 amide bonds. The Kier molecular flexibility index (Phi) is 6.02. The molecule has 1 N–H and O–H groups in total. The normalized spacial score (nSPS) is 11.7. The molecule has 1 atom stereocenters. The lowest BCUT2D eigenvalue weighted by molar-refractivity contribution is -0.127. The molecule has 0 fully saturated rings. The van der Waals surface area contributed by atoms with E-state index in [1.807, 2.05) is 13.0 Å². The second kappa shape index (κ2) is 7.53. The van der Waals surface area contributed by atoms with E-state index in [0.29, 0.717) is 24.5 Å². The first kappa shape index (κ1) is 15.2. The predicted molar refractivity (Wildman–Crippen MR) is 71.5 cm³/mol. The molecule has 1 unspecified atom stereocenters. The summed E-state index contributed by atoms with van der Waals surface area (Å²) in [5.74, 6) is 0.171. The summed E-state index contributed by atoms with van der Waals surface area (Å²) in [5.41, 5.74) is 1.41. The molecule has 19 heavy (non-hydrogen) atoms. The summed E-state index contributed by atoms with van der Waals surface area (Å²) < 4.78 is 10.3. The molecule has 0 aliphatic carbocycles. The summed E-state index contributed by atoms with van der Waals surface area (Å²) in [6.07, 6.45) is 0.0518. The fraction of sp³-hybridized carbons (Fsp3) is 0.429. The van der Waals surface area contributed by atoms with Gasteiger partial charge in [0.2, 0.25) is 0 Å². The molecule has 0 aromatic heterocycles. The highest BCUT2D eigenvalue weighted by atomic mass is 16.5. The summed E-state index contributed by atoms with van der Waals surface area (Å²) in [6.45, 7) is 4.40. The van der Waals surface area contributed by atoms with Gasteiger partial charge in [-0.25, -0.2) is 0 Å². The summed E-state index contributed by atoms with van der Waals surface area (Å²) in [4.78, 5) is 22.7. The van der Waals surface area contributed by atoms with Gasteiger partial charge in [0, 0.05) is 13.7 Å². The summed E-state index contributed by atoms with van der Waals surface area (Å²) in [5, 5.41) is 2.68. The second-order valence-corrected chi connectivity index (χ2v) is 4.20. The Labute approximate surface area is 112 Å². The maximum Gasteiger partial charge on any atom is 0.260 e. The van der Waals surface area contributed by atoms with Crippen molar-refractivity contribution in [3.05, 3.63) is 29.3 Å². The van der Waals surface area contributed by atoms with Gasteiger partial charge in [-0.05, 0) is 26.0 Å². The molecule has 0 saturated heterocycles. The smallest absolute Gasteiger partial charge is 0.260 e. The largest absolute Gasteiger partial charge is 0.480 e. The number of carbonyl (C=O) groups is 2. The van der Waals surface area contributed by atoms with Crippen LogP contribution in [0.3, 0.4) is 0 Å². The maximum absolute atomic E-state index is 11.7. The number of amides is 1. The number of ether oxygens (including phenoxy) is 2. The minimum absolute atomic E-state index is 0.241. The van der Waals surface area contributed by atoms with Crippen molar-refractivity contribution in [1.82, 2.24) is 5.32 Å². The standard InChI is InChI=1S/C14H19NO4/c1-10-4-5-13(12(8-10)9-16)19-11(2)14(17)15-6-7-18-3/h4-5,8-9,11H,6-7H2,1-3H3,(H,15,17). The molecule has 1 rings (SSSR count). The van der Waals surface area contributed by atoms with Crippen molar-refractivity contribution in [2.24, 2.45) is 0 Å². The molecular weight excluding hydrogens is 246 g/mol. The monoisotopic (exact) mass is 265 g/mol. The van der Waals surface area contributed by atoms with Crippen LogP contribution in [0.15, 0.2) is 18.2 Å². The van der Waals surface area contributed by atoms with Crippen molar-refractivity contribution < 1.29 is 19.1 Å². The van der Waals surface area contributed by atoms with Crippen LogP contribution in [0.5, 0.6) is 5.75 Å². The molecule has 5 heteroatoms. The fourth-order valence-electron chi connectivity index (χ4n) is 1.53. The Morgan fingerprint density at radius 1 is 1.47 bits per heavy atom. The number of aryl methyl sites for hydroxylation is 1. The number of carbonyl (C=O) groups excluding carboxylic acids is 2. The molecule has 1 aromatic rings. The SMILES string of the molecule is COCCNC(=O)C(C)Oc1ccc(C)cc1C=O. The third-order valence-corrected chi connectivity index (χ3v) is 2.57. The van der Waals surface area contributed by atoms with Crippen molar-refractivity contribution in [3.8, 4) is 5.75 Å². The van der Waals surface area contributed by atoms with Gasteiger partial charge in [-0.2, -0.15) is 0 Å². The van der Waals surface area contributed by atoms with E-state index in [4.69, 9.17) is 9.47 Å². The van der Waals surface area contributed by atoms with E-state index in [9.17, 15) is 9.59 Å². The Bertz CT molecular complexity index is 445. The molecule has 0 spiro atoms. The molecule has 1 aromatic carbocycles. The van der Waals surface area contributed by atoms with Crippen LogP contribution in [0.2, 0.25) is 0 Å². The maximum atomic E-state index is 11.7. The van der Waals surface area contributed by atoms with Crippen LogP contribution in [-0.2, 0) is 9.53 Å². The molecule has 0 aliphatic rings. The number of aldehydes is 1. The van der Waals surface area contributed by atoms with E-state index in [1.165, 1.54) is 0 Å². The van der Waals surface area contributed by atoms with Gasteiger partial charge in [-0.3, -0.25) is 9.59 Å². The van der Waals surface area contributed by atoms with Crippen LogP contribution in [-0.4, -0.2) is 38.6 Å². The molecule has 5 nitrogen and oxygen atoms in total. The highest BCUT2D eigenvalue weighted by molar-refractivity contribution is 5.82. The average Bonchev–Trinajstić information content (AvgIpc) is 2.40. The van der Waals surface area contributed by atoms with E-state index in [-0.39, 0.29) is 5.91 Å². The minimum Gasteiger partial charge on any atom is -0.480 e. The Morgan fingerprint density at radius 3 is 2.84 bits per heavy atom. The van der Waals surface area contributed by atoms with Gasteiger partial charge in [-0.15, -0.1) is 0 Å². The third kappa shape index (κ3) is 4.71. The van der Waals surface area contributed by atoms with Crippen LogP contribution in [0.25, 0.3) is 0 Å². The van der Waals surface area contributed by atoms with E-state index in [2.05, 4.69) is 5.32 Å². The molecule has 0 heterocycles. The average molecular weight is 265 g/mol. The van der Waals surface area contributed by atoms with Crippen LogP contribution in [0.4, 0.5) is 0 Å². The second-order valence-electron chi connectivity index (χ2n) is 4.20. The van der Waals surface area contributed by atoms with Crippen molar-refractivity contribution in [3.63, 3.8) is 0 Å². The lowest BCUT2D eigenvalue weighted by atomic mass is 10.1. The van der Waals surface area contributed by atoms with Gasteiger partial charge in [0.25, 0.3) is 5.91 Å². The van der Waals surface area contributed by atoms with Crippen LogP contribution in [0.1, 0.15) is 22.8 Å². The van der Waals surface area contributed by atoms with E-state index in [1.54, 1.807) is 26.2 Å². The van der Waals surface area contributed by atoms with Crippen LogP contribution in [0, 0.1) is 6.92 Å². The first-order valence-electron chi connectivity index (χ1n) is 6.07. The zero-order chi connectivity index (χ0) is 14.3. The quantitative estimate of drug-likeness (QED) is 0.597. The fourth-order valence-corrected chi connectivity index (χ4v) is 1.53. The summed E-state index contributed by atoms with van der Waals surface area (Å²) >= 11 is 0. The number of benzene rings is 1. The van der Waals surface area contributed by atoms with Gasteiger partial charge in [-0.1, -0.05) is 11.6 Å². The number of rotatable bonds is 7. The molecule has 0 radical (unpaired) electrons. The summed E-state index contributed by atoms with van der Waals surface area (Å²) in [6, 6.07) is 5.24. The third-order valence-electron chi connectivity index (χ3n) is 2.57. The first-order valence-corrected chi connectivity index (χ1v) is 6.07. The van der Waals surface area contributed by atoms with Gasteiger partial charge in [0.05, 0.1) is 12.2 Å². The van der Waals surface area contributed by atoms with E-state index in [0.717, 1.165) is 11.8 Å². The number of methoxy groups -OCH3 is 1. The molecule has 0 saturated carbocycles. The molecule has 0 bridgehead atoms. The lowest BCUT2D eigenvalue weighted by Crippen LogP contribution is -2.38. The number of hydrogen-bond acceptors (Lipinski definition) is 4. The van der Waals surface area contributed by atoms with Crippen molar-refractivity contribution in [2.75, 3.05) is 20.3 Å². The van der Waals surface area contributed by atoms with Crippen molar-refractivity contribution >= 4 is 12.2 Å². The zero-order valence-electron chi connectivity index (χ0n) is 11.4. The lowest BCUT2D eigenvalue weighted by Gasteiger charge is -2.16. The Morgan fingerprint density at radius 2 is 2.21 bits per heavy atom. The highest BCUT2D eigenvalue weighted by Crippen LogP contribution is 2.19. The number of hydrogen-bond donors (Lipinski definition) is 1. The molecule has 0 aliphatic heterocycles. The van der Waals surface area contributed by atoms with Gasteiger partial charge in [0.1, 0.15) is 5.75 Å². The Balaban J connectivity index is 2.63. The topological polar surface area (TPSA) is 64.6 Å².